The lowest BCUT2D eigenvalue weighted by atomic mass is 10.0. The van der Waals surface area contributed by atoms with E-state index in [9.17, 15) is 9.59 Å². The zero-order valence-corrected chi connectivity index (χ0v) is 10.6. The van der Waals surface area contributed by atoms with Crippen LogP contribution in [0.1, 0.15) is 58.3 Å². The van der Waals surface area contributed by atoms with Crippen molar-refractivity contribution in [1.82, 2.24) is 5.32 Å². The standard InChI is InChI=1S/C13H23NO3/c1-10(5-4-8-13(16)17)14-12(15)9-11-6-2-3-7-11/h10-11H,2-9H2,1H3,(H,14,15)(H,16,17). The van der Waals surface area contributed by atoms with E-state index < -0.39 is 5.97 Å². The van der Waals surface area contributed by atoms with E-state index >= 15 is 0 Å². The van der Waals surface area contributed by atoms with Gasteiger partial charge in [0.2, 0.25) is 5.91 Å². The summed E-state index contributed by atoms with van der Waals surface area (Å²) in [6, 6.07) is 0.0863. The molecule has 0 heterocycles. The molecule has 1 rings (SSSR count). The molecule has 0 aromatic carbocycles. The van der Waals surface area contributed by atoms with Gasteiger partial charge in [-0.15, -0.1) is 0 Å². The first kappa shape index (κ1) is 14.0. The molecule has 17 heavy (non-hydrogen) atoms. The average Bonchev–Trinajstić information content (AvgIpc) is 2.69. The summed E-state index contributed by atoms with van der Waals surface area (Å²) in [6.45, 7) is 1.94. The SMILES string of the molecule is CC(CCCC(=O)O)NC(=O)CC1CCCC1. The van der Waals surface area contributed by atoms with Gasteiger partial charge in [0.1, 0.15) is 0 Å². The Morgan fingerprint density at radius 2 is 2.00 bits per heavy atom. The maximum Gasteiger partial charge on any atom is 0.303 e. The van der Waals surface area contributed by atoms with Crippen LogP contribution < -0.4 is 5.32 Å². The summed E-state index contributed by atoms with van der Waals surface area (Å²) in [5.74, 6) is -0.0737. The number of aliphatic carboxylic acids is 1. The van der Waals surface area contributed by atoms with Gasteiger partial charge >= 0.3 is 5.97 Å². The Labute approximate surface area is 103 Å². The highest BCUT2D eigenvalue weighted by molar-refractivity contribution is 5.76. The number of amides is 1. The molecule has 1 aliphatic carbocycles. The summed E-state index contributed by atoms with van der Waals surface area (Å²) in [7, 11) is 0. The van der Waals surface area contributed by atoms with E-state index in [1.54, 1.807) is 0 Å². The number of hydrogen-bond acceptors (Lipinski definition) is 2. The highest BCUT2D eigenvalue weighted by Gasteiger charge is 2.19. The van der Waals surface area contributed by atoms with E-state index in [1.807, 2.05) is 6.92 Å². The number of hydrogen-bond donors (Lipinski definition) is 2. The van der Waals surface area contributed by atoms with Gasteiger partial charge in [0.25, 0.3) is 0 Å². The van der Waals surface area contributed by atoms with Crippen molar-refractivity contribution < 1.29 is 14.7 Å². The highest BCUT2D eigenvalue weighted by Crippen LogP contribution is 2.27. The van der Waals surface area contributed by atoms with Crippen molar-refractivity contribution in [3.05, 3.63) is 0 Å². The maximum absolute atomic E-state index is 11.7. The molecule has 0 spiro atoms. The molecule has 0 saturated heterocycles. The Balaban J connectivity index is 2.09. The van der Waals surface area contributed by atoms with Gasteiger partial charge in [-0.3, -0.25) is 9.59 Å². The van der Waals surface area contributed by atoms with Crippen LogP contribution in [0.2, 0.25) is 0 Å². The Morgan fingerprint density at radius 3 is 2.59 bits per heavy atom. The van der Waals surface area contributed by atoms with Crippen molar-refractivity contribution in [2.45, 2.75) is 64.3 Å². The van der Waals surface area contributed by atoms with Crippen LogP contribution >= 0.6 is 0 Å². The molecule has 1 aliphatic rings. The smallest absolute Gasteiger partial charge is 0.303 e. The molecule has 0 aromatic rings. The second-order valence-corrected chi connectivity index (χ2v) is 5.11. The van der Waals surface area contributed by atoms with E-state index in [-0.39, 0.29) is 18.4 Å². The Kier molecular flexibility index (Phi) is 6.01. The minimum atomic E-state index is -0.769. The fraction of sp³-hybridized carbons (Fsp3) is 0.846. The number of carboxylic acids is 1. The third-order valence-electron chi connectivity index (χ3n) is 3.38. The highest BCUT2D eigenvalue weighted by atomic mass is 16.4. The van der Waals surface area contributed by atoms with Crippen LogP contribution in [0.4, 0.5) is 0 Å². The predicted molar refractivity (Wildman–Crippen MR) is 65.7 cm³/mol. The first-order chi connectivity index (χ1) is 8.08. The van der Waals surface area contributed by atoms with Gasteiger partial charge in [0, 0.05) is 18.9 Å². The fourth-order valence-electron chi connectivity index (χ4n) is 2.44. The molecule has 1 saturated carbocycles. The van der Waals surface area contributed by atoms with Crippen LogP contribution in [0, 0.1) is 5.92 Å². The van der Waals surface area contributed by atoms with Crippen molar-refractivity contribution in [3.63, 3.8) is 0 Å². The van der Waals surface area contributed by atoms with E-state index in [2.05, 4.69) is 5.32 Å². The lowest BCUT2D eigenvalue weighted by Crippen LogP contribution is -2.33. The van der Waals surface area contributed by atoms with Gasteiger partial charge in [-0.25, -0.2) is 0 Å². The molecule has 0 radical (unpaired) electrons. The van der Waals surface area contributed by atoms with E-state index in [4.69, 9.17) is 5.11 Å². The van der Waals surface area contributed by atoms with Gasteiger partial charge in [0.05, 0.1) is 0 Å². The Morgan fingerprint density at radius 1 is 1.35 bits per heavy atom. The van der Waals surface area contributed by atoms with Gasteiger partial charge in [-0.05, 0) is 38.5 Å². The van der Waals surface area contributed by atoms with Crippen LogP contribution in [0.3, 0.4) is 0 Å². The molecule has 98 valence electrons. The predicted octanol–water partition coefficient (Wildman–Crippen LogP) is 2.33. The van der Waals surface area contributed by atoms with Crippen molar-refractivity contribution in [2.75, 3.05) is 0 Å². The molecule has 1 amide bonds. The summed E-state index contributed by atoms with van der Waals surface area (Å²) >= 11 is 0. The molecule has 1 atom stereocenters. The van der Waals surface area contributed by atoms with Crippen LogP contribution in [-0.4, -0.2) is 23.0 Å². The lowest BCUT2D eigenvalue weighted by Gasteiger charge is -2.15. The molecule has 1 fully saturated rings. The quantitative estimate of drug-likeness (QED) is 0.719. The van der Waals surface area contributed by atoms with Crippen molar-refractivity contribution in [2.24, 2.45) is 5.92 Å². The summed E-state index contributed by atoms with van der Waals surface area (Å²) < 4.78 is 0. The first-order valence-electron chi connectivity index (χ1n) is 6.59. The molecule has 4 heteroatoms. The summed E-state index contributed by atoms with van der Waals surface area (Å²) in [5, 5.41) is 11.5. The normalized spacial score (nSPS) is 17.9. The lowest BCUT2D eigenvalue weighted by molar-refractivity contribution is -0.137. The topological polar surface area (TPSA) is 66.4 Å². The molecular formula is C13H23NO3. The second-order valence-electron chi connectivity index (χ2n) is 5.11. The van der Waals surface area contributed by atoms with Gasteiger partial charge in [-0.1, -0.05) is 12.8 Å². The number of nitrogens with one attached hydrogen (secondary N) is 1. The van der Waals surface area contributed by atoms with Gasteiger partial charge < -0.3 is 10.4 Å². The fourth-order valence-corrected chi connectivity index (χ4v) is 2.44. The minimum Gasteiger partial charge on any atom is -0.481 e. The van der Waals surface area contributed by atoms with Crippen LogP contribution in [0.5, 0.6) is 0 Å². The van der Waals surface area contributed by atoms with Crippen LogP contribution in [-0.2, 0) is 9.59 Å². The van der Waals surface area contributed by atoms with E-state index in [0.717, 1.165) is 6.42 Å². The second kappa shape index (κ2) is 7.30. The van der Waals surface area contributed by atoms with Crippen molar-refractivity contribution in [1.29, 1.82) is 0 Å². The van der Waals surface area contributed by atoms with Gasteiger partial charge in [-0.2, -0.15) is 0 Å². The molecule has 0 aromatic heterocycles. The van der Waals surface area contributed by atoms with E-state index in [0.29, 0.717) is 18.8 Å². The Hall–Kier alpha value is -1.06. The molecular weight excluding hydrogens is 218 g/mol. The molecule has 0 bridgehead atoms. The van der Waals surface area contributed by atoms with Crippen LogP contribution in [0.25, 0.3) is 0 Å². The number of carbonyl (C=O) groups excluding carboxylic acids is 1. The molecule has 2 N–H and O–H groups in total. The average molecular weight is 241 g/mol. The molecule has 4 nitrogen and oxygen atoms in total. The third-order valence-corrected chi connectivity index (χ3v) is 3.38. The van der Waals surface area contributed by atoms with Gasteiger partial charge in [0.15, 0.2) is 0 Å². The van der Waals surface area contributed by atoms with Crippen molar-refractivity contribution >= 4 is 11.9 Å². The van der Waals surface area contributed by atoms with Crippen molar-refractivity contribution in [3.8, 4) is 0 Å². The van der Waals surface area contributed by atoms with E-state index in [1.165, 1.54) is 25.7 Å². The molecule has 0 aliphatic heterocycles. The summed E-state index contributed by atoms with van der Waals surface area (Å²) in [4.78, 5) is 22.0. The zero-order chi connectivity index (χ0) is 12.7. The largest absolute Gasteiger partial charge is 0.481 e. The van der Waals surface area contributed by atoms with Crippen LogP contribution in [0.15, 0.2) is 0 Å². The summed E-state index contributed by atoms with van der Waals surface area (Å²) in [5.41, 5.74) is 0. The minimum absolute atomic E-state index is 0.0863. The molecule has 1 unspecified atom stereocenters. The number of carbonyl (C=O) groups is 2. The monoisotopic (exact) mass is 241 g/mol. The maximum atomic E-state index is 11.7. The third kappa shape index (κ3) is 6.29. The summed E-state index contributed by atoms with van der Waals surface area (Å²) in [6.07, 6.45) is 7.06. The zero-order valence-electron chi connectivity index (χ0n) is 10.6. The Bertz CT molecular complexity index is 259. The number of carboxylic acid groups (broad SMARTS) is 1. The first-order valence-corrected chi connectivity index (χ1v) is 6.59. The number of rotatable bonds is 7.